The number of carbonyl (C=O) groups excluding carboxylic acids is 1. The first-order valence-electron chi connectivity index (χ1n) is 4.71. The van der Waals surface area contributed by atoms with Crippen molar-refractivity contribution in [3.63, 3.8) is 0 Å². The summed E-state index contributed by atoms with van der Waals surface area (Å²) in [5, 5.41) is 10.7. The van der Waals surface area contributed by atoms with E-state index in [1.165, 1.54) is 6.26 Å². The molecule has 14 heavy (non-hydrogen) atoms. The Morgan fingerprint density at radius 1 is 1.50 bits per heavy atom. The average Bonchev–Trinajstić information content (AvgIpc) is 2.17. The molecule has 2 aliphatic rings. The molecule has 0 bridgehead atoms. The Morgan fingerprint density at radius 2 is 2.29 bits per heavy atom. The van der Waals surface area contributed by atoms with Crippen molar-refractivity contribution >= 4 is 5.97 Å². The summed E-state index contributed by atoms with van der Waals surface area (Å²) in [7, 11) is 0. The van der Waals surface area contributed by atoms with E-state index in [-0.39, 0.29) is 22.7 Å². The summed E-state index contributed by atoms with van der Waals surface area (Å²) < 4.78 is 4.73. The Hall–Kier alpha value is -1.39. The zero-order valence-electron chi connectivity index (χ0n) is 7.59. The molecule has 1 saturated carbocycles. The minimum absolute atomic E-state index is 0.264. The molecule has 0 N–H and O–H groups in total. The number of nitro groups is 1. The molecule has 1 aliphatic heterocycles. The lowest BCUT2D eigenvalue weighted by atomic mass is 9.75. The van der Waals surface area contributed by atoms with Gasteiger partial charge in [-0.15, -0.1) is 0 Å². The number of hydrogen-bond acceptors (Lipinski definition) is 4. The topological polar surface area (TPSA) is 69.4 Å². The van der Waals surface area contributed by atoms with E-state index in [0.29, 0.717) is 12.8 Å². The van der Waals surface area contributed by atoms with Crippen molar-refractivity contribution in [2.45, 2.75) is 25.3 Å². The fourth-order valence-electron chi connectivity index (χ4n) is 2.27. The third kappa shape index (κ3) is 1.38. The summed E-state index contributed by atoms with van der Waals surface area (Å²) >= 11 is 0. The van der Waals surface area contributed by atoms with E-state index in [2.05, 4.69) is 0 Å². The van der Waals surface area contributed by atoms with Crippen LogP contribution < -0.4 is 0 Å². The zero-order chi connectivity index (χ0) is 10.1. The Bertz CT molecular complexity index is 299. The highest BCUT2D eigenvalue weighted by Gasteiger charge is 2.44. The van der Waals surface area contributed by atoms with Crippen LogP contribution in [0.25, 0.3) is 0 Å². The van der Waals surface area contributed by atoms with Crippen molar-refractivity contribution < 1.29 is 14.5 Å². The molecule has 0 aromatic heterocycles. The van der Waals surface area contributed by atoms with Gasteiger partial charge in [0.1, 0.15) is 0 Å². The summed E-state index contributed by atoms with van der Waals surface area (Å²) in [6, 6.07) is -0.613. The lowest BCUT2D eigenvalue weighted by Gasteiger charge is -2.31. The number of cyclic esters (lactones) is 1. The molecule has 1 aliphatic carbocycles. The van der Waals surface area contributed by atoms with Crippen LogP contribution >= 0.6 is 0 Å². The summed E-state index contributed by atoms with van der Waals surface area (Å²) in [6.07, 6.45) is 4.93. The van der Waals surface area contributed by atoms with E-state index in [4.69, 9.17) is 4.74 Å². The molecule has 5 nitrogen and oxygen atoms in total. The summed E-state index contributed by atoms with van der Waals surface area (Å²) in [5.41, 5.74) is 0. The molecule has 0 radical (unpaired) electrons. The van der Waals surface area contributed by atoms with Crippen molar-refractivity contribution in [1.29, 1.82) is 0 Å². The second-order valence-corrected chi connectivity index (χ2v) is 3.73. The zero-order valence-corrected chi connectivity index (χ0v) is 7.59. The van der Waals surface area contributed by atoms with Gasteiger partial charge in [-0.3, -0.25) is 14.9 Å². The Kier molecular flexibility index (Phi) is 2.23. The number of rotatable bonds is 1. The highest BCUT2D eigenvalue weighted by molar-refractivity contribution is 5.74. The van der Waals surface area contributed by atoms with E-state index in [1.54, 1.807) is 6.08 Å². The second kappa shape index (κ2) is 3.40. The van der Waals surface area contributed by atoms with Crippen LogP contribution in [0.3, 0.4) is 0 Å². The molecule has 3 unspecified atom stereocenters. The van der Waals surface area contributed by atoms with Crippen molar-refractivity contribution in [3.8, 4) is 0 Å². The number of fused-ring (bicyclic) bond motifs is 1. The van der Waals surface area contributed by atoms with Crippen LogP contribution in [0.4, 0.5) is 0 Å². The smallest absolute Gasteiger partial charge is 0.314 e. The number of esters is 1. The lowest BCUT2D eigenvalue weighted by Crippen LogP contribution is -2.42. The normalized spacial score (nSPS) is 36.0. The molecule has 3 atom stereocenters. The first-order chi connectivity index (χ1) is 6.70. The lowest BCUT2D eigenvalue weighted by molar-refractivity contribution is -0.534. The molecule has 0 aromatic carbocycles. The highest BCUT2D eigenvalue weighted by Crippen LogP contribution is 2.35. The molecule has 1 fully saturated rings. The molecule has 0 spiro atoms. The van der Waals surface area contributed by atoms with E-state index in [9.17, 15) is 14.9 Å². The van der Waals surface area contributed by atoms with Crippen LogP contribution in [-0.2, 0) is 9.53 Å². The molecule has 0 aromatic rings. The van der Waals surface area contributed by atoms with Crippen LogP contribution in [0, 0.1) is 22.0 Å². The van der Waals surface area contributed by atoms with Crippen LogP contribution in [0.2, 0.25) is 0 Å². The van der Waals surface area contributed by atoms with Crippen molar-refractivity contribution in [2.24, 2.45) is 11.8 Å². The third-order valence-corrected chi connectivity index (χ3v) is 2.98. The van der Waals surface area contributed by atoms with Gasteiger partial charge in [0.25, 0.3) is 0 Å². The fourth-order valence-corrected chi connectivity index (χ4v) is 2.27. The van der Waals surface area contributed by atoms with Crippen molar-refractivity contribution in [1.82, 2.24) is 0 Å². The maximum absolute atomic E-state index is 11.3. The van der Waals surface area contributed by atoms with Gasteiger partial charge in [0, 0.05) is 11.3 Å². The standard InChI is InChI=1S/C9H11NO4/c11-9-7-2-1-3-8(10(12)13)6(7)4-5-14-9/h4-8H,1-3H2. The van der Waals surface area contributed by atoms with Gasteiger partial charge in [-0.25, -0.2) is 0 Å². The van der Waals surface area contributed by atoms with Gasteiger partial charge in [-0.1, -0.05) is 0 Å². The SMILES string of the molecule is O=C1OC=CC2C1CCCC2[N+](=O)[O-]. The first kappa shape index (κ1) is 9.18. The van der Waals surface area contributed by atoms with Gasteiger partial charge in [-0.05, 0) is 18.9 Å². The Labute approximate surface area is 80.9 Å². The fraction of sp³-hybridized carbons (Fsp3) is 0.667. The predicted molar refractivity (Wildman–Crippen MR) is 46.8 cm³/mol. The summed E-state index contributed by atoms with van der Waals surface area (Å²) in [6.45, 7) is 0. The number of nitrogens with zero attached hydrogens (tertiary/aromatic N) is 1. The molecule has 5 heteroatoms. The van der Waals surface area contributed by atoms with E-state index < -0.39 is 6.04 Å². The van der Waals surface area contributed by atoms with E-state index >= 15 is 0 Å². The van der Waals surface area contributed by atoms with Crippen molar-refractivity contribution in [3.05, 3.63) is 22.5 Å². The number of carbonyl (C=O) groups is 1. The molecule has 0 saturated heterocycles. The molecule has 0 amide bonds. The van der Waals surface area contributed by atoms with Crippen LogP contribution in [0.5, 0.6) is 0 Å². The largest absolute Gasteiger partial charge is 0.435 e. The quantitative estimate of drug-likeness (QED) is 0.359. The predicted octanol–water partition coefficient (Wildman–Crippen LogP) is 1.12. The van der Waals surface area contributed by atoms with Crippen LogP contribution in [0.1, 0.15) is 19.3 Å². The second-order valence-electron chi connectivity index (χ2n) is 3.73. The van der Waals surface area contributed by atoms with Gasteiger partial charge in [-0.2, -0.15) is 0 Å². The molecule has 2 rings (SSSR count). The molecule has 1 heterocycles. The monoisotopic (exact) mass is 197 g/mol. The average molecular weight is 197 g/mol. The van der Waals surface area contributed by atoms with Gasteiger partial charge in [0.2, 0.25) is 6.04 Å². The van der Waals surface area contributed by atoms with Crippen LogP contribution in [0.15, 0.2) is 12.3 Å². The Balaban J connectivity index is 2.23. The highest BCUT2D eigenvalue weighted by atomic mass is 16.6. The van der Waals surface area contributed by atoms with Crippen molar-refractivity contribution in [2.75, 3.05) is 0 Å². The van der Waals surface area contributed by atoms with E-state index in [1.807, 2.05) is 0 Å². The van der Waals surface area contributed by atoms with Gasteiger partial charge in [0.15, 0.2) is 0 Å². The maximum atomic E-state index is 11.3. The molecular weight excluding hydrogens is 186 g/mol. The summed E-state index contributed by atoms with van der Waals surface area (Å²) in [5.74, 6) is -0.881. The Morgan fingerprint density at radius 3 is 3.00 bits per heavy atom. The molecular formula is C9H11NO4. The van der Waals surface area contributed by atoms with Gasteiger partial charge < -0.3 is 4.74 Å². The van der Waals surface area contributed by atoms with Gasteiger partial charge in [0.05, 0.1) is 18.1 Å². The third-order valence-electron chi connectivity index (χ3n) is 2.98. The van der Waals surface area contributed by atoms with E-state index in [0.717, 1.165) is 6.42 Å². The van der Waals surface area contributed by atoms with Gasteiger partial charge >= 0.3 is 5.97 Å². The number of ether oxygens (including phenoxy) is 1. The first-order valence-corrected chi connectivity index (χ1v) is 4.71. The minimum Gasteiger partial charge on any atom is -0.435 e. The number of hydrogen-bond donors (Lipinski definition) is 0. The molecule has 76 valence electrons. The minimum atomic E-state index is -0.613. The maximum Gasteiger partial charge on any atom is 0.314 e. The van der Waals surface area contributed by atoms with Crippen LogP contribution in [-0.4, -0.2) is 16.9 Å². The summed E-state index contributed by atoms with van der Waals surface area (Å²) in [4.78, 5) is 21.8.